The average Bonchev–Trinajstić information content (AvgIpc) is 2.54. The average molecular weight is 393 g/mol. The van der Waals surface area contributed by atoms with Gasteiger partial charge in [0.1, 0.15) is 12.4 Å². The maximum atomic E-state index is 12.0. The molecule has 0 aliphatic heterocycles. The first-order valence-electron chi connectivity index (χ1n) is 7.36. The van der Waals surface area contributed by atoms with Crippen molar-refractivity contribution in [2.75, 3.05) is 12.1 Å². The molecule has 0 saturated carbocycles. The molecule has 0 saturated heterocycles. The second-order valence-electron chi connectivity index (χ2n) is 5.56. The number of hydrogen-bond acceptors (Lipinski definition) is 4. The Morgan fingerprint density at radius 3 is 2.58 bits per heavy atom. The zero-order chi connectivity index (χ0) is 17.9. The SMILES string of the molecule is Cc1ccc(C)c(OCc2c(Br)cccc2N(N)C(=O)N(C)N)c1. The van der Waals surface area contributed by atoms with Gasteiger partial charge < -0.3 is 4.74 Å². The molecule has 6 nitrogen and oxygen atoms in total. The van der Waals surface area contributed by atoms with Gasteiger partial charge in [-0.25, -0.2) is 21.5 Å². The third kappa shape index (κ3) is 4.05. The number of hydrogen-bond donors (Lipinski definition) is 2. The van der Waals surface area contributed by atoms with Gasteiger partial charge in [-0.15, -0.1) is 0 Å². The Balaban J connectivity index is 2.30. The molecule has 0 aliphatic carbocycles. The summed E-state index contributed by atoms with van der Waals surface area (Å²) in [5.41, 5.74) is 3.44. The number of halogens is 1. The van der Waals surface area contributed by atoms with Crippen LogP contribution in [0.4, 0.5) is 10.5 Å². The van der Waals surface area contributed by atoms with Gasteiger partial charge in [-0.2, -0.15) is 0 Å². The first-order chi connectivity index (χ1) is 11.3. The van der Waals surface area contributed by atoms with E-state index >= 15 is 0 Å². The summed E-state index contributed by atoms with van der Waals surface area (Å²) < 4.78 is 6.75. The molecule has 0 bridgehead atoms. The molecule has 0 unspecified atom stereocenters. The van der Waals surface area contributed by atoms with Crippen LogP contribution in [-0.4, -0.2) is 18.1 Å². The summed E-state index contributed by atoms with van der Waals surface area (Å²) in [4.78, 5) is 12.0. The molecule has 24 heavy (non-hydrogen) atoms. The highest BCUT2D eigenvalue weighted by atomic mass is 79.9. The number of amides is 2. The minimum absolute atomic E-state index is 0.260. The van der Waals surface area contributed by atoms with Crippen LogP contribution in [0.3, 0.4) is 0 Å². The second-order valence-corrected chi connectivity index (χ2v) is 6.41. The first-order valence-corrected chi connectivity index (χ1v) is 8.15. The number of ether oxygens (including phenoxy) is 1. The van der Waals surface area contributed by atoms with Gasteiger partial charge in [0.2, 0.25) is 0 Å². The van der Waals surface area contributed by atoms with E-state index in [2.05, 4.69) is 15.9 Å². The number of anilines is 1. The van der Waals surface area contributed by atoms with E-state index in [-0.39, 0.29) is 6.61 Å². The molecular weight excluding hydrogens is 372 g/mol. The minimum atomic E-state index is -0.527. The molecule has 0 spiro atoms. The number of hydrazine groups is 2. The smallest absolute Gasteiger partial charge is 0.352 e. The minimum Gasteiger partial charge on any atom is -0.489 e. The lowest BCUT2D eigenvalue weighted by Gasteiger charge is -2.24. The Bertz CT molecular complexity index is 749. The van der Waals surface area contributed by atoms with Gasteiger partial charge >= 0.3 is 6.03 Å². The molecule has 4 N–H and O–H groups in total. The van der Waals surface area contributed by atoms with Gasteiger partial charge in [0.15, 0.2) is 0 Å². The van der Waals surface area contributed by atoms with Crippen molar-refractivity contribution in [2.45, 2.75) is 20.5 Å². The van der Waals surface area contributed by atoms with Gasteiger partial charge in [-0.05, 0) is 43.2 Å². The zero-order valence-electron chi connectivity index (χ0n) is 13.9. The highest BCUT2D eigenvalue weighted by molar-refractivity contribution is 9.10. The molecule has 0 heterocycles. The van der Waals surface area contributed by atoms with E-state index in [4.69, 9.17) is 16.4 Å². The third-order valence-electron chi connectivity index (χ3n) is 3.58. The van der Waals surface area contributed by atoms with E-state index in [1.807, 2.05) is 38.1 Å². The maximum absolute atomic E-state index is 12.0. The Morgan fingerprint density at radius 2 is 1.92 bits per heavy atom. The molecule has 0 aromatic heterocycles. The van der Waals surface area contributed by atoms with Crippen LogP contribution in [0, 0.1) is 13.8 Å². The number of rotatable bonds is 4. The zero-order valence-corrected chi connectivity index (χ0v) is 15.5. The lowest BCUT2D eigenvalue weighted by molar-refractivity contribution is 0.216. The van der Waals surface area contributed by atoms with Crippen LogP contribution in [0.15, 0.2) is 40.9 Å². The van der Waals surface area contributed by atoms with Crippen molar-refractivity contribution < 1.29 is 9.53 Å². The number of carbonyl (C=O) groups is 1. The number of nitrogens with zero attached hydrogens (tertiary/aromatic N) is 2. The van der Waals surface area contributed by atoms with Crippen molar-refractivity contribution >= 4 is 27.6 Å². The van der Waals surface area contributed by atoms with Crippen molar-refractivity contribution in [3.05, 3.63) is 57.6 Å². The number of aryl methyl sites for hydroxylation is 2. The van der Waals surface area contributed by atoms with Gasteiger partial charge in [-0.3, -0.25) is 5.01 Å². The summed E-state index contributed by atoms with van der Waals surface area (Å²) >= 11 is 3.49. The van der Waals surface area contributed by atoms with Crippen LogP contribution in [0.5, 0.6) is 5.75 Å². The number of nitrogens with two attached hydrogens (primary N) is 2. The fourth-order valence-electron chi connectivity index (χ4n) is 2.20. The van der Waals surface area contributed by atoms with Crippen molar-refractivity contribution in [3.63, 3.8) is 0 Å². The van der Waals surface area contributed by atoms with E-state index in [1.165, 1.54) is 7.05 Å². The summed E-state index contributed by atoms with van der Waals surface area (Å²) in [6, 6.07) is 10.9. The largest absolute Gasteiger partial charge is 0.489 e. The Labute approximate surface area is 150 Å². The van der Waals surface area contributed by atoms with Crippen LogP contribution in [0.25, 0.3) is 0 Å². The van der Waals surface area contributed by atoms with Crippen molar-refractivity contribution in [3.8, 4) is 5.75 Å². The predicted molar refractivity (Wildman–Crippen MR) is 98.4 cm³/mol. The predicted octanol–water partition coefficient (Wildman–Crippen LogP) is 3.25. The molecule has 7 heteroatoms. The molecule has 0 atom stereocenters. The molecule has 0 aliphatic rings. The lowest BCUT2D eigenvalue weighted by Crippen LogP contribution is -2.49. The number of urea groups is 1. The van der Waals surface area contributed by atoms with Gasteiger partial charge in [0.05, 0.1) is 5.69 Å². The van der Waals surface area contributed by atoms with Crippen LogP contribution < -0.4 is 21.4 Å². The molecule has 128 valence electrons. The van der Waals surface area contributed by atoms with E-state index in [0.717, 1.165) is 36.9 Å². The monoisotopic (exact) mass is 392 g/mol. The van der Waals surface area contributed by atoms with Gasteiger partial charge in [-0.1, -0.05) is 34.1 Å². The Kier molecular flexibility index (Phi) is 5.82. The summed E-state index contributed by atoms with van der Waals surface area (Å²) in [6.07, 6.45) is 0. The summed E-state index contributed by atoms with van der Waals surface area (Å²) in [6.45, 7) is 4.25. The van der Waals surface area contributed by atoms with Crippen LogP contribution in [0.2, 0.25) is 0 Å². The van der Waals surface area contributed by atoms with E-state index < -0.39 is 6.03 Å². The molecule has 0 fully saturated rings. The molecule has 0 radical (unpaired) electrons. The quantitative estimate of drug-likeness (QED) is 0.475. The second kappa shape index (κ2) is 7.65. The lowest BCUT2D eigenvalue weighted by atomic mass is 10.1. The molecule has 2 amide bonds. The molecule has 2 rings (SSSR count). The molecular formula is C17H21BrN4O2. The highest BCUT2D eigenvalue weighted by Crippen LogP contribution is 2.29. The standard InChI is InChI=1S/C17H21BrN4O2/c1-11-7-8-12(2)16(9-11)24-10-13-14(18)5-4-6-15(13)22(20)17(23)21(3)19/h4-9H,10,19-20H2,1-3H3. The fraction of sp³-hybridized carbons (Fsp3) is 0.235. The van der Waals surface area contributed by atoms with Crippen LogP contribution in [-0.2, 0) is 6.61 Å². The van der Waals surface area contributed by atoms with Crippen LogP contribution >= 0.6 is 15.9 Å². The van der Waals surface area contributed by atoms with Crippen LogP contribution in [0.1, 0.15) is 16.7 Å². The summed E-state index contributed by atoms with van der Waals surface area (Å²) in [7, 11) is 1.44. The molecule has 2 aromatic rings. The third-order valence-corrected chi connectivity index (χ3v) is 4.32. The fourth-order valence-corrected chi connectivity index (χ4v) is 2.67. The first kappa shape index (κ1) is 18.3. The van der Waals surface area contributed by atoms with Crippen molar-refractivity contribution in [1.82, 2.24) is 5.01 Å². The molecule has 2 aromatic carbocycles. The topological polar surface area (TPSA) is 84.8 Å². The van der Waals surface area contributed by atoms with E-state index in [0.29, 0.717) is 5.69 Å². The van der Waals surface area contributed by atoms with E-state index in [9.17, 15) is 4.79 Å². The number of carbonyl (C=O) groups excluding carboxylic acids is 1. The van der Waals surface area contributed by atoms with Gasteiger partial charge in [0, 0.05) is 17.1 Å². The normalized spacial score (nSPS) is 10.4. The summed E-state index contributed by atoms with van der Waals surface area (Å²) in [5, 5.41) is 1.93. The number of benzene rings is 2. The maximum Gasteiger partial charge on any atom is 0.352 e. The Morgan fingerprint density at radius 1 is 1.21 bits per heavy atom. The van der Waals surface area contributed by atoms with Crippen molar-refractivity contribution in [2.24, 2.45) is 11.7 Å². The Hall–Kier alpha value is -2.09. The van der Waals surface area contributed by atoms with Gasteiger partial charge in [0.25, 0.3) is 0 Å². The highest BCUT2D eigenvalue weighted by Gasteiger charge is 2.19. The summed E-state index contributed by atoms with van der Waals surface area (Å²) in [5.74, 6) is 12.2. The van der Waals surface area contributed by atoms with Crippen molar-refractivity contribution in [1.29, 1.82) is 0 Å². The van der Waals surface area contributed by atoms with E-state index in [1.54, 1.807) is 12.1 Å².